The molecule has 0 aromatic heterocycles. The zero-order valence-corrected chi connectivity index (χ0v) is 12.0. The fourth-order valence-corrected chi connectivity index (χ4v) is 2.64. The van der Waals surface area contributed by atoms with E-state index in [9.17, 15) is 14.0 Å². The zero-order chi connectivity index (χ0) is 14.5. The monoisotopic (exact) mass is 305 g/mol. The van der Waals surface area contributed by atoms with Crippen molar-refractivity contribution in [2.24, 2.45) is 5.16 Å². The first-order chi connectivity index (χ1) is 9.63. The van der Waals surface area contributed by atoms with Crippen molar-refractivity contribution in [2.75, 3.05) is 0 Å². The minimum absolute atomic E-state index is 0.342. The summed E-state index contributed by atoms with van der Waals surface area (Å²) in [5, 5.41) is 15.0. The lowest BCUT2D eigenvalue weighted by molar-refractivity contribution is 0.319. The third-order valence-corrected chi connectivity index (χ3v) is 3.61. The number of nitrogens with zero attached hydrogens (tertiary/aromatic N) is 2. The Balaban J connectivity index is 2.50. The number of aryl methyl sites for hydroxylation is 1. The predicted octanol–water partition coefficient (Wildman–Crippen LogP) is 2.66. The molecule has 20 heavy (non-hydrogen) atoms. The van der Waals surface area contributed by atoms with Crippen LogP contribution in [-0.2, 0) is 15.6 Å². The molecule has 0 bridgehead atoms. The van der Waals surface area contributed by atoms with E-state index < -0.39 is 11.4 Å². The van der Waals surface area contributed by atoms with E-state index in [0.717, 1.165) is 11.1 Å². The van der Waals surface area contributed by atoms with Crippen LogP contribution in [0.5, 0.6) is 0 Å². The topological polar surface area (TPSA) is 85.5 Å². The number of hydrogen-bond donors (Lipinski definition) is 0. The van der Waals surface area contributed by atoms with Crippen molar-refractivity contribution in [3.05, 3.63) is 52.4 Å². The summed E-state index contributed by atoms with van der Waals surface area (Å²) in [4.78, 5) is 0. The number of thioether (sulfide) groups is 1. The quantitative estimate of drug-likeness (QED) is 0.487. The molecule has 0 fully saturated rings. The maximum Gasteiger partial charge on any atom is 0.169 e. The molecule has 1 atom stereocenters. The van der Waals surface area contributed by atoms with Gasteiger partial charge in [0, 0.05) is 5.57 Å². The molecule has 1 aromatic carbocycles. The van der Waals surface area contributed by atoms with Gasteiger partial charge < -0.3 is 8.84 Å². The summed E-state index contributed by atoms with van der Waals surface area (Å²) in [5.41, 5.74) is 2.73. The highest BCUT2D eigenvalue weighted by Crippen LogP contribution is 2.31. The van der Waals surface area contributed by atoms with Crippen LogP contribution in [0.15, 0.2) is 46.5 Å². The Morgan fingerprint density at radius 1 is 1.50 bits per heavy atom. The standard InChI is InChI=1S/C13H10N2O3S2/c1-9-4-2-3-5-10(9)12(8-14)11-6-7-19-13(11)15-18-20(16)17/h2-7H,1H3,(H,16,17)/p-1/b12-11+,15-13-. The molecule has 1 aliphatic heterocycles. The van der Waals surface area contributed by atoms with Crippen LogP contribution in [0.2, 0.25) is 0 Å². The van der Waals surface area contributed by atoms with Crippen molar-refractivity contribution in [3.63, 3.8) is 0 Å². The average Bonchev–Trinajstić information content (AvgIpc) is 2.88. The maximum atomic E-state index is 10.4. The van der Waals surface area contributed by atoms with Crippen molar-refractivity contribution >= 4 is 33.7 Å². The first kappa shape index (κ1) is 14.5. The molecule has 0 N–H and O–H groups in total. The molecule has 5 nitrogen and oxygen atoms in total. The number of benzene rings is 1. The van der Waals surface area contributed by atoms with Gasteiger partial charge in [-0.15, -0.1) is 0 Å². The molecule has 0 aliphatic carbocycles. The zero-order valence-electron chi connectivity index (χ0n) is 10.4. The molecular weight excluding hydrogens is 296 g/mol. The normalized spacial score (nSPS) is 19.8. The van der Waals surface area contributed by atoms with Gasteiger partial charge in [-0.05, 0) is 29.5 Å². The van der Waals surface area contributed by atoms with E-state index in [0.29, 0.717) is 16.2 Å². The van der Waals surface area contributed by atoms with E-state index >= 15 is 0 Å². The summed E-state index contributed by atoms with van der Waals surface area (Å²) >= 11 is -1.53. The van der Waals surface area contributed by atoms with E-state index in [1.54, 1.807) is 11.5 Å². The lowest BCUT2D eigenvalue weighted by Gasteiger charge is -2.07. The molecule has 2 rings (SSSR count). The number of nitriles is 1. The molecule has 1 unspecified atom stereocenters. The van der Waals surface area contributed by atoms with Gasteiger partial charge in [0.1, 0.15) is 11.1 Å². The van der Waals surface area contributed by atoms with E-state index in [-0.39, 0.29) is 0 Å². The average molecular weight is 305 g/mol. The highest BCUT2D eigenvalue weighted by atomic mass is 32.2. The number of allylic oxidation sites excluding steroid dienone is 2. The van der Waals surface area contributed by atoms with Gasteiger partial charge in [0.2, 0.25) is 0 Å². The molecule has 0 amide bonds. The first-order valence-electron chi connectivity index (χ1n) is 5.52. The Morgan fingerprint density at radius 3 is 2.90 bits per heavy atom. The largest absolute Gasteiger partial charge is 0.738 e. The van der Waals surface area contributed by atoms with Crippen LogP contribution in [0, 0.1) is 18.3 Å². The molecule has 0 radical (unpaired) electrons. The van der Waals surface area contributed by atoms with Crippen LogP contribution in [0.1, 0.15) is 11.1 Å². The SMILES string of the molecule is Cc1ccccc1/C(C#N)=C1\C=CS\C1=N/OS(=O)[O-]. The second-order valence-electron chi connectivity index (χ2n) is 3.81. The molecule has 0 spiro atoms. The molecular formula is C13H9N2O3S2-. The molecule has 7 heteroatoms. The molecule has 0 saturated heterocycles. The van der Waals surface area contributed by atoms with Gasteiger partial charge in [-0.1, -0.05) is 41.2 Å². The summed E-state index contributed by atoms with van der Waals surface area (Å²) in [6, 6.07) is 9.61. The molecule has 1 heterocycles. The number of rotatable bonds is 3. The van der Waals surface area contributed by atoms with Crippen molar-refractivity contribution in [1.82, 2.24) is 0 Å². The Hall–Kier alpha value is -1.88. The Labute approximate surface area is 123 Å². The van der Waals surface area contributed by atoms with Gasteiger partial charge in [-0.25, -0.2) is 4.21 Å². The van der Waals surface area contributed by atoms with Crippen molar-refractivity contribution in [3.8, 4) is 6.07 Å². The van der Waals surface area contributed by atoms with Gasteiger partial charge in [-0.3, -0.25) is 0 Å². The van der Waals surface area contributed by atoms with E-state index in [4.69, 9.17) is 0 Å². The van der Waals surface area contributed by atoms with E-state index in [2.05, 4.69) is 15.5 Å². The third-order valence-electron chi connectivity index (χ3n) is 2.62. The maximum absolute atomic E-state index is 10.4. The van der Waals surface area contributed by atoms with Gasteiger partial charge in [0.05, 0.1) is 5.57 Å². The fourth-order valence-electron chi connectivity index (χ4n) is 1.75. The molecule has 1 aromatic rings. The highest BCUT2D eigenvalue weighted by molar-refractivity contribution is 8.17. The number of oxime groups is 1. The lowest BCUT2D eigenvalue weighted by Crippen LogP contribution is -1.99. The Kier molecular flexibility index (Phi) is 4.74. The fraction of sp³-hybridized carbons (Fsp3) is 0.0769. The summed E-state index contributed by atoms with van der Waals surface area (Å²) in [6.07, 6.45) is 1.71. The first-order valence-corrected chi connectivity index (χ1v) is 7.40. The Morgan fingerprint density at radius 2 is 2.25 bits per heavy atom. The van der Waals surface area contributed by atoms with Crippen LogP contribution >= 0.6 is 11.8 Å². The second-order valence-corrected chi connectivity index (χ2v) is 5.26. The Bertz CT molecular complexity index is 687. The lowest BCUT2D eigenvalue weighted by atomic mass is 9.97. The number of hydrogen-bond acceptors (Lipinski definition) is 6. The van der Waals surface area contributed by atoms with Gasteiger partial charge in [-0.2, -0.15) is 5.26 Å². The van der Waals surface area contributed by atoms with Gasteiger partial charge in [0.15, 0.2) is 11.4 Å². The summed E-state index contributed by atoms with van der Waals surface area (Å²) in [7, 11) is 0. The van der Waals surface area contributed by atoms with E-state index in [1.165, 1.54) is 11.8 Å². The summed E-state index contributed by atoms with van der Waals surface area (Å²) < 4.78 is 25.0. The molecule has 102 valence electrons. The van der Waals surface area contributed by atoms with Crippen LogP contribution in [0.4, 0.5) is 0 Å². The van der Waals surface area contributed by atoms with Crippen LogP contribution in [0.25, 0.3) is 5.57 Å². The minimum Gasteiger partial charge on any atom is -0.738 e. The van der Waals surface area contributed by atoms with Crippen LogP contribution in [0.3, 0.4) is 0 Å². The minimum atomic E-state index is -2.72. The van der Waals surface area contributed by atoms with Crippen molar-refractivity contribution in [2.45, 2.75) is 6.92 Å². The van der Waals surface area contributed by atoms with Crippen LogP contribution < -0.4 is 0 Å². The summed E-state index contributed by atoms with van der Waals surface area (Å²) in [6.45, 7) is 1.90. The molecule has 1 aliphatic rings. The predicted molar refractivity (Wildman–Crippen MR) is 77.9 cm³/mol. The van der Waals surface area contributed by atoms with Crippen molar-refractivity contribution < 1.29 is 13.0 Å². The second kappa shape index (κ2) is 6.52. The highest BCUT2D eigenvalue weighted by Gasteiger charge is 2.19. The summed E-state index contributed by atoms with van der Waals surface area (Å²) in [5.74, 6) is 0. The van der Waals surface area contributed by atoms with Gasteiger partial charge >= 0.3 is 0 Å². The molecule has 0 saturated carbocycles. The third kappa shape index (κ3) is 3.17. The van der Waals surface area contributed by atoms with Gasteiger partial charge in [0.25, 0.3) is 0 Å². The van der Waals surface area contributed by atoms with Crippen LogP contribution in [-0.4, -0.2) is 13.8 Å². The van der Waals surface area contributed by atoms with Crippen molar-refractivity contribution in [1.29, 1.82) is 5.26 Å². The smallest absolute Gasteiger partial charge is 0.169 e. The van der Waals surface area contributed by atoms with E-state index in [1.807, 2.05) is 31.2 Å².